The van der Waals surface area contributed by atoms with Gasteiger partial charge in [0.1, 0.15) is 30.5 Å². The van der Waals surface area contributed by atoms with E-state index in [1.807, 2.05) is 60.7 Å². The molecule has 2 N–H and O–H groups in total. The van der Waals surface area contributed by atoms with Crippen LogP contribution < -0.4 is 24.8 Å². The monoisotopic (exact) mass is 542 g/mol. The van der Waals surface area contributed by atoms with Crippen molar-refractivity contribution < 1.29 is 19.0 Å². The van der Waals surface area contributed by atoms with Crippen LogP contribution in [0.2, 0.25) is 0 Å². The molecular formula is C26H27BrN2O4S. The van der Waals surface area contributed by atoms with Crippen LogP contribution >= 0.6 is 28.1 Å². The highest BCUT2D eigenvalue weighted by molar-refractivity contribution is 9.10. The lowest BCUT2D eigenvalue weighted by Crippen LogP contribution is -2.34. The second-order valence-electron chi connectivity index (χ2n) is 7.29. The van der Waals surface area contributed by atoms with E-state index < -0.39 is 0 Å². The molecule has 1 amide bonds. The Kier molecular flexibility index (Phi) is 10.2. The number of anilines is 1. The zero-order valence-corrected chi connectivity index (χ0v) is 21.3. The van der Waals surface area contributed by atoms with Crippen LogP contribution in [0.25, 0.3) is 0 Å². The van der Waals surface area contributed by atoms with Gasteiger partial charge in [0.05, 0.1) is 12.2 Å². The lowest BCUT2D eigenvalue weighted by molar-refractivity contribution is 0.0973. The molecule has 6 nitrogen and oxygen atoms in total. The van der Waals surface area contributed by atoms with Crippen LogP contribution in [0.1, 0.15) is 30.1 Å². The van der Waals surface area contributed by atoms with Crippen LogP contribution in [0.4, 0.5) is 5.69 Å². The maximum atomic E-state index is 12.8. The van der Waals surface area contributed by atoms with Crippen LogP contribution in [-0.4, -0.2) is 30.8 Å². The van der Waals surface area contributed by atoms with Crippen molar-refractivity contribution in [2.45, 2.75) is 19.8 Å². The molecule has 0 unspecified atom stereocenters. The zero-order chi connectivity index (χ0) is 24.2. The molecule has 3 rings (SSSR count). The van der Waals surface area contributed by atoms with Crippen LogP contribution in [0.15, 0.2) is 77.3 Å². The van der Waals surface area contributed by atoms with E-state index in [4.69, 9.17) is 26.4 Å². The van der Waals surface area contributed by atoms with Crippen molar-refractivity contribution in [3.63, 3.8) is 0 Å². The van der Waals surface area contributed by atoms with Gasteiger partial charge in [0.15, 0.2) is 5.11 Å². The number of carbonyl (C=O) groups is 1. The zero-order valence-electron chi connectivity index (χ0n) is 18.9. The molecule has 0 fully saturated rings. The number of amides is 1. The standard InChI is InChI=1S/C26H27BrN2O4S/c1-2-3-15-33-24-14-9-19(27)18-23(24)25(30)29-26(34)28-20-10-12-22(13-11-20)32-17-16-31-21-7-5-4-6-8-21/h4-14,18H,2-3,15-17H2,1H3,(H2,28,29,30,34). The van der Waals surface area contributed by atoms with Crippen molar-refractivity contribution in [1.82, 2.24) is 5.32 Å². The van der Waals surface area contributed by atoms with E-state index in [0.29, 0.717) is 36.9 Å². The number of para-hydroxylation sites is 1. The Balaban J connectivity index is 1.47. The number of hydrogen-bond donors (Lipinski definition) is 2. The first-order chi connectivity index (χ1) is 16.5. The van der Waals surface area contributed by atoms with Crippen molar-refractivity contribution in [2.75, 3.05) is 25.1 Å². The number of halogens is 1. The van der Waals surface area contributed by atoms with Crippen molar-refractivity contribution >= 4 is 44.9 Å². The van der Waals surface area contributed by atoms with Gasteiger partial charge < -0.3 is 19.5 Å². The lowest BCUT2D eigenvalue weighted by atomic mass is 10.2. The summed E-state index contributed by atoms with van der Waals surface area (Å²) in [7, 11) is 0. The fourth-order valence-corrected chi connectivity index (χ4v) is 3.51. The molecule has 0 heterocycles. The second kappa shape index (κ2) is 13.6. The van der Waals surface area contributed by atoms with Crippen LogP contribution in [0, 0.1) is 0 Å². The van der Waals surface area contributed by atoms with Gasteiger partial charge >= 0.3 is 0 Å². The number of unbranched alkanes of at least 4 members (excludes halogenated alkanes) is 1. The molecule has 0 aliphatic carbocycles. The smallest absolute Gasteiger partial charge is 0.261 e. The normalized spacial score (nSPS) is 10.3. The molecule has 178 valence electrons. The van der Waals surface area contributed by atoms with E-state index in [0.717, 1.165) is 28.8 Å². The van der Waals surface area contributed by atoms with E-state index in [1.54, 1.807) is 12.1 Å². The number of benzene rings is 3. The minimum absolute atomic E-state index is 0.189. The topological polar surface area (TPSA) is 68.8 Å². The minimum atomic E-state index is -0.344. The van der Waals surface area contributed by atoms with Crippen LogP contribution in [0.3, 0.4) is 0 Å². The third kappa shape index (κ3) is 8.35. The molecule has 0 aliphatic heterocycles. The van der Waals surface area contributed by atoms with Gasteiger partial charge in [0.2, 0.25) is 0 Å². The average molecular weight is 543 g/mol. The van der Waals surface area contributed by atoms with E-state index in [9.17, 15) is 4.79 Å². The van der Waals surface area contributed by atoms with Crippen molar-refractivity contribution in [3.8, 4) is 17.2 Å². The maximum absolute atomic E-state index is 12.8. The quantitative estimate of drug-likeness (QED) is 0.221. The molecule has 0 saturated carbocycles. The van der Waals surface area contributed by atoms with Gasteiger partial charge in [0, 0.05) is 10.2 Å². The fourth-order valence-electron chi connectivity index (χ4n) is 2.94. The molecule has 3 aromatic rings. The Morgan fingerprint density at radius 3 is 2.24 bits per heavy atom. The summed E-state index contributed by atoms with van der Waals surface area (Å²) < 4.78 is 17.9. The number of carbonyl (C=O) groups excluding carboxylic acids is 1. The van der Waals surface area contributed by atoms with Gasteiger partial charge in [-0.15, -0.1) is 0 Å². The Morgan fingerprint density at radius 2 is 1.56 bits per heavy atom. The van der Waals surface area contributed by atoms with E-state index >= 15 is 0 Å². The fraction of sp³-hybridized carbons (Fsp3) is 0.231. The highest BCUT2D eigenvalue weighted by Gasteiger charge is 2.15. The summed E-state index contributed by atoms with van der Waals surface area (Å²) in [5.41, 5.74) is 1.14. The van der Waals surface area contributed by atoms with Crippen LogP contribution in [-0.2, 0) is 0 Å². The van der Waals surface area contributed by atoms with Crippen molar-refractivity contribution in [3.05, 3.63) is 82.8 Å². The summed E-state index contributed by atoms with van der Waals surface area (Å²) in [6.45, 7) is 3.50. The Hall–Kier alpha value is -3.10. The molecule has 0 spiro atoms. The van der Waals surface area contributed by atoms with Gasteiger partial charge in [0.25, 0.3) is 5.91 Å². The minimum Gasteiger partial charge on any atom is -0.493 e. The van der Waals surface area contributed by atoms with E-state index in [1.165, 1.54) is 0 Å². The molecule has 34 heavy (non-hydrogen) atoms. The van der Waals surface area contributed by atoms with Gasteiger partial charge in [-0.1, -0.05) is 47.5 Å². The molecule has 0 atom stereocenters. The first-order valence-electron chi connectivity index (χ1n) is 11.0. The maximum Gasteiger partial charge on any atom is 0.261 e. The Labute approximate surface area is 213 Å². The Morgan fingerprint density at radius 1 is 0.882 bits per heavy atom. The van der Waals surface area contributed by atoms with E-state index in [-0.39, 0.29) is 11.0 Å². The first kappa shape index (κ1) is 25.5. The number of nitrogens with one attached hydrogen (secondary N) is 2. The summed E-state index contributed by atoms with van der Waals surface area (Å²) in [6.07, 6.45) is 1.92. The van der Waals surface area contributed by atoms with Gasteiger partial charge in [-0.25, -0.2) is 0 Å². The summed E-state index contributed by atoms with van der Waals surface area (Å²) >= 11 is 8.72. The average Bonchev–Trinajstić information content (AvgIpc) is 2.84. The predicted molar refractivity (Wildman–Crippen MR) is 142 cm³/mol. The van der Waals surface area contributed by atoms with Gasteiger partial charge in [-0.2, -0.15) is 0 Å². The SMILES string of the molecule is CCCCOc1ccc(Br)cc1C(=O)NC(=S)Nc1ccc(OCCOc2ccccc2)cc1. The summed E-state index contributed by atoms with van der Waals surface area (Å²) in [5.74, 6) is 1.70. The Bertz CT molecular complexity index is 1080. The molecule has 0 aromatic heterocycles. The van der Waals surface area contributed by atoms with Crippen LogP contribution in [0.5, 0.6) is 17.2 Å². The molecular weight excluding hydrogens is 516 g/mol. The number of hydrogen-bond acceptors (Lipinski definition) is 5. The largest absolute Gasteiger partial charge is 0.493 e. The highest BCUT2D eigenvalue weighted by atomic mass is 79.9. The van der Waals surface area contributed by atoms with Gasteiger partial charge in [-0.05, 0) is 73.2 Å². The molecule has 0 bridgehead atoms. The number of ether oxygens (including phenoxy) is 3. The second-order valence-corrected chi connectivity index (χ2v) is 8.61. The van der Waals surface area contributed by atoms with Gasteiger partial charge in [-0.3, -0.25) is 10.1 Å². The summed E-state index contributed by atoms with van der Waals surface area (Å²) in [5, 5.41) is 5.91. The van der Waals surface area contributed by atoms with E-state index in [2.05, 4.69) is 33.5 Å². The highest BCUT2D eigenvalue weighted by Crippen LogP contribution is 2.24. The molecule has 8 heteroatoms. The third-order valence-corrected chi connectivity index (χ3v) is 5.34. The summed E-state index contributed by atoms with van der Waals surface area (Å²) in [4.78, 5) is 12.8. The summed E-state index contributed by atoms with van der Waals surface area (Å²) in [6, 6.07) is 22.2. The molecule has 0 saturated heterocycles. The number of thiocarbonyl (C=S) groups is 1. The number of rotatable bonds is 11. The lowest BCUT2D eigenvalue weighted by Gasteiger charge is -2.14. The molecule has 0 radical (unpaired) electrons. The first-order valence-corrected chi connectivity index (χ1v) is 12.2. The van der Waals surface area contributed by atoms with Crippen molar-refractivity contribution in [2.24, 2.45) is 0 Å². The molecule has 3 aromatic carbocycles. The molecule has 0 aliphatic rings. The third-order valence-electron chi connectivity index (χ3n) is 4.64. The predicted octanol–water partition coefficient (Wildman–Crippen LogP) is 6.21. The van der Waals surface area contributed by atoms with Crippen molar-refractivity contribution in [1.29, 1.82) is 0 Å².